The number of aromatic nitrogens is 3. The summed E-state index contributed by atoms with van der Waals surface area (Å²) in [4.78, 5) is 22.8. The molecule has 0 aliphatic heterocycles. The van der Waals surface area contributed by atoms with Gasteiger partial charge in [0.1, 0.15) is 22.6 Å². The minimum absolute atomic E-state index is 0.114. The minimum Gasteiger partial charge on any atom is -0.508 e. The predicted octanol–water partition coefficient (Wildman–Crippen LogP) is 4.62. The molecule has 1 amide bonds. The van der Waals surface area contributed by atoms with E-state index in [2.05, 4.69) is 20.4 Å². The molecular formula is C26H22N6O2. The zero-order valence-corrected chi connectivity index (χ0v) is 18.6. The van der Waals surface area contributed by atoms with Gasteiger partial charge in [-0.25, -0.2) is 9.97 Å². The number of fused-ring (bicyclic) bond motifs is 2. The number of benzene rings is 3. The quantitative estimate of drug-likeness (QED) is 0.345. The fourth-order valence-corrected chi connectivity index (χ4v) is 3.96. The van der Waals surface area contributed by atoms with Gasteiger partial charge in [0.05, 0.1) is 17.2 Å². The van der Waals surface area contributed by atoms with E-state index in [9.17, 15) is 9.90 Å². The summed E-state index contributed by atoms with van der Waals surface area (Å²) in [6.07, 6.45) is 1.54. The van der Waals surface area contributed by atoms with Gasteiger partial charge in [-0.15, -0.1) is 0 Å². The van der Waals surface area contributed by atoms with Crippen molar-refractivity contribution in [2.75, 3.05) is 11.1 Å². The van der Waals surface area contributed by atoms with Gasteiger partial charge in [0.15, 0.2) is 5.65 Å². The third-order valence-corrected chi connectivity index (χ3v) is 5.37. The molecule has 5 aromatic rings. The molecular weight excluding hydrogens is 428 g/mol. The number of hydrogen-bond donors (Lipinski definition) is 3. The van der Waals surface area contributed by atoms with Crippen LogP contribution in [0.3, 0.4) is 0 Å². The van der Waals surface area contributed by atoms with Crippen molar-refractivity contribution in [1.29, 1.82) is 0 Å². The number of nitrogens with two attached hydrogens (primary N) is 1. The normalized spacial score (nSPS) is 11.5. The number of nitrogens with zero attached hydrogens (tertiary/aromatic N) is 4. The Hall–Kier alpha value is -4.72. The van der Waals surface area contributed by atoms with Gasteiger partial charge in [0.2, 0.25) is 0 Å². The smallest absolute Gasteiger partial charge is 0.261 e. The standard InChI is InChI=1S/C26H22N6O2/c1-15-10-16(2)12-18(11-15)29-26(34)22-23-25(31-21-9-4-3-8-20(21)30-23)32(24(22)27)28-14-17-6-5-7-19(33)13-17/h3-14,33H,27H2,1-2H3,(H,29,34). The van der Waals surface area contributed by atoms with Crippen LogP contribution < -0.4 is 11.1 Å². The number of rotatable bonds is 4. The third-order valence-electron chi connectivity index (χ3n) is 5.37. The lowest BCUT2D eigenvalue weighted by atomic mass is 10.1. The number of aromatic hydroxyl groups is 1. The Kier molecular flexibility index (Phi) is 5.18. The molecule has 0 saturated carbocycles. The van der Waals surface area contributed by atoms with Crippen LogP contribution in [0.15, 0.2) is 71.8 Å². The Morgan fingerprint density at radius 1 is 1.00 bits per heavy atom. The molecule has 0 atom stereocenters. The van der Waals surface area contributed by atoms with Crippen molar-refractivity contribution in [3.63, 3.8) is 0 Å². The Morgan fingerprint density at radius 2 is 1.71 bits per heavy atom. The Morgan fingerprint density at radius 3 is 2.41 bits per heavy atom. The molecule has 8 heteroatoms. The molecule has 168 valence electrons. The summed E-state index contributed by atoms with van der Waals surface area (Å²) in [5.41, 5.74) is 12.1. The van der Waals surface area contributed by atoms with Crippen molar-refractivity contribution in [3.8, 4) is 5.75 Å². The minimum atomic E-state index is -0.400. The van der Waals surface area contributed by atoms with Crippen LogP contribution in [0.25, 0.3) is 22.2 Å². The van der Waals surface area contributed by atoms with Crippen LogP contribution in [-0.4, -0.2) is 31.9 Å². The van der Waals surface area contributed by atoms with E-state index >= 15 is 0 Å². The second-order valence-electron chi connectivity index (χ2n) is 8.13. The lowest BCUT2D eigenvalue weighted by Crippen LogP contribution is -2.14. The number of para-hydroxylation sites is 2. The molecule has 8 nitrogen and oxygen atoms in total. The summed E-state index contributed by atoms with van der Waals surface area (Å²) >= 11 is 0. The maximum absolute atomic E-state index is 13.4. The van der Waals surface area contributed by atoms with Gasteiger partial charge in [-0.3, -0.25) is 4.79 Å². The van der Waals surface area contributed by atoms with Gasteiger partial charge >= 0.3 is 0 Å². The number of hydrogen-bond acceptors (Lipinski definition) is 6. The molecule has 5 rings (SSSR count). The van der Waals surface area contributed by atoms with Gasteiger partial charge < -0.3 is 16.2 Å². The molecule has 0 unspecified atom stereocenters. The highest BCUT2D eigenvalue weighted by atomic mass is 16.3. The molecule has 0 aliphatic carbocycles. The van der Waals surface area contributed by atoms with Gasteiger partial charge in [-0.05, 0) is 66.9 Å². The van der Waals surface area contributed by atoms with Crippen LogP contribution in [0, 0.1) is 13.8 Å². The second kappa shape index (κ2) is 8.32. The Balaban J connectivity index is 1.66. The number of nitrogens with one attached hydrogen (secondary N) is 1. The van der Waals surface area contributed by atoms with Gasteiger partial charge in [0, 0.05) is 5.69 Å². The van der Waals surface area contributed by atoms with Crippen LogP contribution in [-0.2, 0) is 0 Å². The first-order valence-electron chi connectivity index (χ1n) is 10.7. The summed E-state index contributed by atoms with van der Waals surface area (Å²) in [5, 5.41) is 17.1. The zero-order chi connectivity index (χ0) is 23.8. The van der Waals surface area contributed by atoms with Crippen LogP contribution in [0.2, 0.25) is 0 Å². The number of carbonyl (C=O) groups is 1. The van der Waals surface area contributed by atoms with E-state index in [4.69, 9.17) is 5.73 Å². The number of phenols is 1. The number of aryl methyl sites for hydroxylation is 2. The monoisotopic (exact) mass is 450 g/mol. The Bertz CT molecular complexity index is 1580. The summed E-state index contributed by atoms with van der Waals surface area (Å²) in [7, 11) is 0. The van der Waals surface area contributed by atoms with Crippen LogP contribution in [0.4, 0.5) is 11.5 Å². The molecule has 0 radical (unpaired) electrons. The molecule has 0 bridgehead atoms. The fourth-order valence-electron chi connectivity index (χ4n) is 3.96. The van der Waals surface area contributed by atoms with Gasteiger partial charge in [-0.2, -0.15) is 9.78 Å². The van der Waals surface area contributed by atoms with Gasteiger partial charge in [-0.1, -0.05) is 30.3 Å². The van der Waals surface area contributed by atoms with Crippen LogP contribution in [0.1, 0.15) is 27.0 Å². The third kappa shape index (κ3) is 3.93. The molecule has 0 aliphatic rings. The van der Waals surface area contributed by atoms with E-state index in [1.54, 1.807) is 24.3 Å². The highest BCUT2D eigenvalue weighted by Crippen LogP contribution is 2.29. The molecule has 2 aromatic heterocycles. The molecule has 4 N–H and O–H groups in total. The van der Waals surface area contributed by atoms with Crippen LogP contribution >= 0.6 is 0 Å². The lowest BCUT2D eigenvalue weighted by molar-refractivity contribution is 0.102. The highest BCUT2D eigenvalue weighted by molar-refractivity contribution is 6.16. The van der Waals surface area contributed by atoms with Crippen molar-refractivity contribution in [2.45, 2.75) is 13.8 Å². The molecule has 34 heavy (non-hydrogen) atoms. The molecule has 0 fully saturated rings. The van der Waals surface area contributed by atoms with Crippen molar-refractivity contribution >= 4 is 45.8 Å². The van der Waals surface area contributed by atoms with Crippen molar-refractivity contribution in [3.05, 3.63) is 89.0 Å². The lowest BCUT2D eigenvalue weighted by Gasteiger charge is -2.08. The van der Waals surface area contributed by atoms with Crippen LogP contribution in [0.5, 0.6) is 5.75 Å². The van der Waals surface area contributed by atoms with Crippen molar-refractivity contribution < 1.29 is 9.90 Å². The van der Waals surface area contributed by atoms with E-state index in [-0.39, 0.29) is 17.1 Å². The number of nitrogen functional groups attached to an aromatic ring is 1. The van der Waals surface area contributed by atoms with Gasteiger partial charge in [0.25, 0.3) is 5.91 Å². The zero-order valence-electron chi connectivity index (χ0n) is 18.6. The summed E-state index contributed by atoms with van der Waals surface area (Å²) in [5.74, 6) is -0.166. The predicted molar refractivity (Wildman–Crippen MR) is 134 cm³/mol. The van der Waals surface area contributed by atoms with Crippen molar-refractivity contribution in [2.24, 2.45) is 5.10 Å². The maximum atomic E-state index is 13.4. The van der Waals surface area contributed by atoms with E-state index in [1.165, 1.54) is 10.9 Å². The maximum Gasteiger partial charge on any atom is 0.261 e. The SMILES string of the molecule is Cc1cc(C)cc(NC(=O)c2c(N)n(N=Cc3cccc(O)c3)c3nc4ccccc4nc23)c1. The number of anilines is 2. The summed E-state index contributed by atoms with van der Waals surface area (Å²) in [6.45, 7) is 3.94. The summed E-state index contributed by atoms with van der Waals surface area (Å²) < 4.78 is 1.40. The first-order valence-corrected chi connectivity index (χ1v) is 10.7. The molecule has 0 spiro atoms. The number of carbonyl (C=O) groups excluding carboxylic acids is 1. The molecule has 2 heterocycles. The first-order chi connectivity index (χ1) is 16.4. The molecule has 0 saturated heterocycles. The highest BCUT2D eigenvalue weighted by Gasteiger charge is 2.24. The largest absolute Gasteiger partial charge is 0.508 e. The first kappa shape index (κ1) is 21.1. The average molecular weight is 451 g/mol. The van der Waals surface area contributed by atoms with E-state index in [1.807, 2.05) is 56.3 Å². The summed E-state index contributed by atoms with van der Waals surface area (Å²) in [6, 6.07) is 19.8. The second-order valence-corrected chi connectivity index (χ2v) is 8.13. The van der Waals surface area contributed by atoms with E-state index in [0.29, 0.717) is 33.4 Å². The van der Waals surface area contributed by atoms with Crippen molar-refractivity contribution in [1.82, 2.24) is 14.6 Å². The number of amides is 1. The number of phenolic OH excluding ortho intramolecular Hbond substituents is 1. The van der Waals surface area contributed by atoms with E-state index < -0.39 is 5.91 Å². The molecule has 3 aromatic carbocycles. The Labute approximate surface area is 195 Å². The fraction of sp³-hybridized carbons (Fsp3) is 0.0769. The van der Waals surface area contributed by atoms with E-state index in [0.717, 1.165) is 11.1 Å². The average Bonchev–Trinajstić information content (AvgIpc) is 3.05. The topological polar surface area (TPSA) is 118 Å².